The topological polar surface area (TPSA) is 44.8 Å². The second-order valence-corrected chi connectivity index (χ2v) is 11.1. The van der Waals surface area contributed by atoms with Gasteiger partial charge >= 0.3 is 0 Å². The SMILES string of the molecule is C=C(CCCC(CCC)CN(C)/C=c1/c(C)c(C(=O)NCCN2CCOCC2)ccc1=C)c1ccc(C)cc1. The molecule has 0 radical (unpaired) electrons. The Morgan fingerprint density at radius 2 is 1.85 bits per heavy atom. The van der Waals surface area contributed by atoms with Crippen LogP contribution in [0.2, 0.25) is 0 Å². The van der Waals surface area contributed by atoms with E-state index in [2.05, 4.69) is 79.6 Å². The molecule has 39 heavy (non-hydrogen) atoms. The van der Waals surface area contributed by atoms with Crippen molar-refractivity contribution in [3.05, 3.63) is 75.7 Å². The van der Waals surface area contributed by atoms with Crippen molar-refractivity contribution in [3.63, 3.8) is 0 Å². The molecule has 3 rings (SSSR count). The maximum Gasteiger partial charge on any atom is 0.251 e. The molecular weight excluding hydrogens is 482 g/mol. The molecule has 2 aromatic rings. The maximum absolute atomic E-state index is 13.0. The Hall–Kier alpha value is -2.89. The fraction of sp³-hybridized carbons (Fsp3) is 0.500. The number of carbonyl (C=O) groups is 1. The zero-order valence-electron chi connectivity index (χ0n) is 24.7. The summed E-state index contributed by atoms with van der Waals surface area (Å²) in [5.74, 6) is 0.595. The van der Waals surface area contributed by atoms with E-state index in [1.54, 1.807) is 0 Å². The quantitative estimate of drug-likeness (QED) is 0.382. The van der Waals surface area contributed by atoms with Gasteiger partial charge in [0.2, 0.25) is 0 Å². The van der Waals surface area contributed by atoms with E-state index >= 15 is 0 Å². The van der Waals surface area contributed by atoms with Crippen molar-refractivity contribution in [1.29, 1.82) is 0 Å². The number of aryl methyl sites for hydroxylation is 1. The third kappa shape index (κ3) is 9.66. The first-order valence-electron chi connectivity index (χ1n) is 14.6. The highest BCUT2D eigenvalue weighted by Gasteiger charge is 2.14. The summed E-state index contributed by atoms with van der Waals surface area (Å²) < 4.78 is 5.41. The lowest BCUT2D eigenvalue weighted by atomic mass is 9.93. The molecule has 1 aliphatic heterocycles. The Labute approximate surface area is 236 Å². The lowest BCUT2D eigenvalue weighted by Gasteiger charge is -2.26. The lowest BCUT2D eigenvalue weighted by Crippen LogP contribution is -2.41. The third-order valence-electron chi connectivity index (χ3n) is 7.81. The van der Waals surface area contributed by atoms with Crippen LogP contribution in [0.5, 0.6) is 0 Å². The summed E-state index contributed by atoms with van der Waals surface area (Å²) in [6.07, 6.45) is 7.91. The summed E-state index contributed by atoms with van der Waals surface area (Å²) in [6.45, 7) is 20.9. The minimum atomic E-state index is -0.0178. The first kappa shape index (κ1) is 30.6. The Morgan fingerprint density at radius 1 is 1.13 bits per heavy atom. The maximum atomic E-state index is 13.0. The first-order valence-corrected chi connectivity index (χ1v) is 14.6. The lowest BCUT2D eigenvalue weighted by molar-refractivity contribution is 0.0383. The minimum Gasteiger partial charge on any atom is -0.380 e. The molecule has 0 spiro atoms. The fourth-order valence-corrected chi connectivity index (χ4v) is 5.41. The van der Waals surface area contributed by atoms with E-state index in [9.17, 15) is 4.79 Å². The molecule has 1 fully saturated rings. The number of carbonyl (C=O) groups excluding carboxylic acids is 1. The van der Waals surface area contributed by atoms with Crippen LogP contribution in [0.3, 0.4) is 0 Å². The summed E-state index contributed by atoms with van der Waals surface area (Å²) >= 11 is 0. The molecule has 5 heteroatoms. The molecule has 1 aliphatic rings. The zero-order chi connectivity index (χ0) is 28.2. The van der Waals surface area contributed by atoms with Gasteiger partial charge in [-0.2, -0.15) is 0 Å². The van der Waals surface area contributed by atoms with Crippen LogP contribution in [0.1, 0.15) is 66.1 Å². The van der Waals surface area contributed by atoms with Crippen LogP contribution in [0.15, 0.2) is 43.0 Å². The predicted molar refractivity (Wildman–Crippen MR) is 165 cm³/mol. The van der Waals surface area contributed by atoms with Crippen LogP contribution in [0, 0.1) is 19.8 Å². The number of benzene rings is 2. The van der Waals surface area contributed by atoms with E-state index in [1.807, 2.05) is 19.1 Å². The molecule has 0 aliphatic carbocycles. The van der Waals surface area contributed by atoms with Gasteiger partial charge < -0.3 is 15.0 Å². The molecule has 212 valence electrons. The van der Waals surface area contributed by atoms with Gasteiger partial charge in [-0.25, -0.2) is 0 Å². The number of amides is 1. The Kier molecular flexibility index (Phi) is 12.3. The van der Waals surface area contributed by atoms with Crippen LogP contribution in [-0.2, 0) is 4.74 Å². The van der Waals surface area contributed by atoms with Crippen LogP contribution in [0.4, 0.5) is 0 Å². The molecule has 2 aromatic carbocycles. The van der Waals surface area contributed by atoms with Gasteiger partial charge in [0.05, 0.1) is 13.2 Å². The van der Waals surface area contributed by atoms with E-state index in [0.29, 0.717) is 12.5 Å². The third-order valence-corrected chi connectivity index (χ3v) is 7.81. The van der Waals surface area contributed by atoms with Crippen molar-refractivity contribution in [2.45, 2.75) is 52.9 Å². The van der Waals surface area contributed by atoms with E-state index in [0.717, 1.165) is 73.8 Å². The highest BCUT2D eigenvalue weighted by molar-refractivity contribution is 5.95. The van der Waals surface area contributed by atoms with Crippen LogP contribution >= 0.6 is 0 Å². The Morgan fingerprint density at radius 3 is 2.54 bits per heavy atom. The van der Waals surface area contributed by atoms with Crippen molar-refractivity contribution >= 4 is 24.3 Å². The molecule has 1 atom stereocenters. The van der Waals surface area contributed by atoms with Crippen molar-refractivity contribution in [1.82, 2.24) is 15.1 Å². The highest BCUT2D eigenvalue weighted by Crippen LogP contribution is 2.23. The van der Waals surface area contributed by atoms with Crippen LogP contribution in [0.25, 0.3) is 18.4 Å². The van der Waals surface area contributed by atoms with Gasteiger partial charge in [0.1, 0.15) is 0 Å². The molecule has 1 saturated heterocycles. The number of allylic oxidation sites excluding steroid dienone is 1. The van der Waals surface area contributed by atoms with Crippen molar-refractivity contribution in [2.75, 3.05) is 53.0 Å². The first-order chi connectivity index (χ1) is 18.8. The Bertz CT molecular complexity index is 1180. The number of hydrogen-bond acceptors (Lipinski definition) is 4. The largest absolute Gasteiger partial charge is 0.380 e. The van der Waals surface area contributed by atoms with Crippen LogP contribution in [-0.4, -0.2) is 68.7 Å². The van der Waals surface area contributed by atoms with E-state index in [4.69, 9.17) is 4.74 Å². The molecular formula is C34H49N3O2. The summed E-state index contributed by atoms with van der Waals surface area (Å²) in [5.41, 5.74) is 5.47. The van der Waals surface area contributed by atoms with Gasteiger partial charge in [0, 0.05) is 56.8 Å². The number of ether oxygens (including phenoxy) is 1. The summed E-state index contributed by atoms with van der Waals surface area (Å²) in [6, 6.07) is 12.5. The summed E-state index contributed by atoms with van der Waals surface area (Å²) in [5, 5.41) is 5.10. The Balaban J connectivity index is 1.58. The number of hydrogen-bond donors (Lipinski definition) is 1. The predicted octanol–water partition coefficient (Wildman–Crippen LogP) is 4.75. The summed E-state index contributed by atoms with van der Waals surface area (Å²) in [7, 11) is 2.14. The van der Waals surface area contributed by atoms with Gasteiger partial charge in [-0.3, -0.25) is 9.69 Å². The molecule has 0 bridgehead atoms. The second kappa shape index (κ2) is 15.6. The van der Waals surface area contributed by atoms with E-state index in [1.165, 1.54) is 36.0 Å². The standard InChI is InChI=1S/C34H49N3O2/c1-7-9-30(11-8-10-27(3)31-15-12-26(2)13-16-31)24-36(6)25-33-28(4)14-17-32(29(33)5)34(38)35-18-19-37-20-22-39-23-21-37/h12-17,25,30H,3-4,7-11,18-24H2,1-2,5-6H3,(H,35,38)/b33-25+. The smallest absolute Gasteiger partial charge is 0.251 e. The van der Waals surface area contributed by atoms with Gasteiger partial charge in [-0.05, 0) is 73.4 Å². The number of rotatable bonds is 14. The van der Waals surface area contributed by atoms with Crippen molar-refractivity contribution in [3.8, 4) is 0 Å². The van der Waals surface area contributed by atoms with Gasteiger partial charge in [-0.15, -0.1) is 0 Å². The normalized spacial score (nSPS) is 15.2. The van der Waals surface area contributed by atoms with Gasteiger partial charge in [-0.1, -0.05) is 62.4 Å². The number of nitrogens with zero attached hydrogens (tertiary/aromatic N) is 2. The van der Waals surface area contributed by atoms with Gasteiger partial charge in [0.15, 0.2) is 0 Å². The summed E-state index contributed by atoms with van der Waals surface area (Å²) in [4.78, 5) is 17.6. The average molecular weight is 532 g/mol. The number of nitrogens with one attached hydrogen (secondary N) is 1. The monoisotopic (exact) mass is 531 g/mol. The molecule has 0 aromatic heterocycles. The van der Waals surface area contributed by atoms with E-state index in [-0.39, 0.29) is 5.91 Å². The van der Waals surface area contributed by atoms with Crippen molar-refractivity contribution in [2.24, 2.45) is 5.92 Å². The minimum absolute atomic E-state index is 0.0178. The zero-order valence-corrected chi connectivity index (χ0v) is 24.7. The molecule has 1 N–H and O–H groups in total. The molecule has 0 saturated carbocycles. The van der Waals surface area contributed by atoms with E-state index < -0.39 is 0 Å². The number of morpholine rings is 1. The molecule has 1 amide bonds. The van der Waals surface area contributed by atoms with Crippen molar-refractivity contribution < 1.29 is 9.53 Å². The molecule has 1 heterocycles. The molecule has 5 nitrogen and oxygen atoms in total. The van der Waals surface area contributed by atoms with Crippen LogP contribution < -0.4 is 15.8 Å². The fourth-order valence-electron chi connectivity index (χ4n) is 5.41. The molecule has 1 unspecified atom stereocenters. The average Bonchev–Trinajstić information content (AvgIpc) is 2.92. The van der Waals surface area contributed by atoms with Gasteiger partial charge in [0.25, 0.3) is 5.91 Å². The second-order valence-electron chi connectivity index (χ2n) is 11.1. The highest BCUT2D eigenvalue weighted by atomic mass is 16.5.